The van der Waals surface area contributed by atoms with E-state index in [0.29, 0.717) is 0 Å². The fourth-order valence-electron chi connectivity index (χ4n) is 6.30. The lowest BCUT2D eigenvalue weighted by molar-refractivity contribution is 0.0414. The maximum atomic E-state index is 10.9. The number of fused-ring (bicyclic) bond motifs is 5. The second-order valence-electron chi connectivity index (χ2n) is 9.48. The average Bonchev–Trinajstić information content (AvgIpc) is 3.25. The molecule has 0 bridgehead atoms. The van der Waals surface area contributed by atoms with Gasteiger partial charge in [0.1, 0.15) is 0 Å². The molecular formula is C26H30N2O. The van der Waals surface area contributed by atoms with Crippen molar-refractivity contribution in [1.82, 2.24) is 9.88 Å². The van der Waals surface area contributed by atoms with Crippen LogP contribution in [0.4, 0.5) is 0 Å². The second-order valence-corrected chi connectivity index (χ2v) is 9.48. The fraction of sp³-hybridized carbons (Fsp3) is 0.462. The molecule has 1 unspecified atom stereocenters. The van der Waals surface area contributed by atoms with Crippen molar-refractivity contribution < 1.29 is 5.11 Å². The zero-order valence-corrected chi connectivity index (χ0v) is 17.1. The molecule has 3 nitrogen and oxygen atoms in total. The number of aromatic nitrogens is 1. The molecule has 0 amide bonds. The summed E-state index contributed by atoms with van der Waals surface area (Å²) < 4.78 is 0. The minimum absolute atomic E-state index is 0.0183. The first-order chi connectivity index (χ1) is 14.2. The van der Waals surface area contributed by atoms with Gasteiger partial charge in [0.2, 0.25) is 0 Å². The molecule has 2 aromatic carbocycles. The molecular weight excluding hydrogens is 356 g/mol. The first kappa shape index (κ1) is 17.7. The molecule has 1 spiro atoms. The molecule has 1 aromatic heterocycles. The molecule has 1 fully saturated rings. The Morgan fingerprint density at radius 1 is 1.03 bits per heavy atom. The average molecular weight is 387 g/mol. The fourth-order valence-corrected chi connectivity index (χ4v) is 6.30. The van der Waals surface area contributed by atoms with E-state index < -0.39 is 0 Å². The number of nitrogens with one attached hydrogen (secondary N) is 1. The highest BCUT2D eigenvalue weighted by molar-refractivity contribution is 5.85. The van der Waals surface area contributed by atoms with E-state index in [-0.39, 0.29) is 11.5 Å². The Balaban J connectivity index is 1.19. The number of benzene rings is 2. The highest BCUT2D eigenvalue weighted by Gasteiger charge is 2.47. The van der Waals surface area contributed by atoms with Gasteiger partial charge in [0, 0.05) is 28.6 Å². The van der Waals surface area contributed by atoms with Crippen LogP contribution >= 0.6 is 0 Å². The molecule has 1 aliphatic heterocycles. The van der Waals surface area contributed by atoms with E-state index in [4.69, 9.17) is 0 Å². The number of aliphatic hydroxyl groups excluding tert-OH is 1. The van der Waals surface area contributed by atoms with Crippen LogP contribution in [0.15, 0.2) is 42.5 Å². The third-order valence-electron chi connectivity index (χ3n) is 7.92. The molecule has 3 heteroatoms. The van der Waals surface area contributed by atoms with Gasteiger partial charge in [-0.1, -0.05) is 36.4 Å². The number of aromatic amines is 1. The first-order valence-corrected chi connectivity index (χ1v) is 11.3. The number of aryl methyl sites for hydroxylation is 2. The van der Waals surface area contributed by atoms with Gasteiger partial charge in [-0.2, -0.15) is 0 Å². The normalized spacial score (nSPS) is 23.4. The number of piperidine rings is 1. The lowest BCUT2D eigenvalue weighted by atomic mass is 9.72. The number of hydrogen-bond donors (Lipinski definition) is 2. The molecule has 0 radical (unpaired) electrons. The SMILES string of the molecule is OC1Cc2ccccc2C12CCN(Cc1ccc3c4c([nH]c3c1)CCCC4)CC2. The third kappa shape index (κ3) is 2.78. The molecule has 2 heterocycles. The van der Waals surface area contributed by atoms with Crippen molar-refractivity contribution in [1.29, 1.82) is 0 Å². The summed E-state index contributed by atoms with van der Waals surface area (Å²) in [6, 6.07) is 15.7. The van der Waals surface area contributed by atoms with Crippen molar-refractivity contribution >= 4 is 10.9 Å². The van der Waals surface area contributed by atoms with Crippen LogP contribution in [0.3, 0.4) is 0 Å². The summed E-state index contributed by atoms with van der Waals surface area (Å²) in [7, 11) is 0. The van der Waals surface area contributed by atoms with Crippen molar-refractivity contribution in [2.45, 2.75) is 63.0 Å². The van der Waals surface area contributed by atoms with Crippen LogP contribution in [0.1, 0.15) is 53.6 Å². The Kier molecular flexibility index (Phi) is 4.11. The van der Waals surface area contributed by atoms with Crippen molar-refractivity contribution in [2.75, 3.05) is 13.1 Å². The number of nitrogens with zero attached hydrogens (tertiary/aromatic N) is 1. The summed E-state index contributed by atoms with van der Waals surface area (Å²) in [4.78, 5) is 6.27. The van der Waals surface area contributed by atoms with E-state index in [9.17, 15) is 5.11 Å². The van der Waals surface area contributed by atoms with E-state index in [1.54, 1.807) is 5.56 Å². The summed E-state index contributed by atoms with van der Waals surface area (Å²) in [6.45, 7) is 3.13. The second kappa shape index (κ2) is 6.72. The maximum Gasteiger partial charge on any atom is 0.0678 e. The summed E-state index contributed by atoms with van der Waals surface area (Å²) in [5.74, 6) is 0. The van der Waals surface area contributed by atoms with Crippen LogP contribution in [-0.4, -0.2) is 34.2 Å². The van der Waals surface area contributed by atoms with Crippen LogP contribution in [0, 0.1) is 0 Å². The van der Waals surface area contributed by atoms with Gasteiger partial charge in [0.15, 0.2) is 0 Å². The van der Waals surface area contributed by atoms with E-state index in [1.165, 1.54) is 59.0 Å². The summed E-state index contributed by atoms with van der Waals surface area (Å²) in [5, 5.41) is 12.3. The van der Waals surface area contributed by atoms with Crippen molar-refractivity contribution in [2.24, 2.45) is 0 Å². The van der Waals surface area contributed by atoms with Gasteiger partial charge < -0.3 is 10.1 Å². The predicted molar refractivity (Wildman–Crippen MR) is 117 cm³/mol. The molecule has 29 heavy (non-hydrogen) atoms. The summed E-state index contributed by atoms with van der Waals surface area (Å²) in [5.41, 5.74) is 8.50. The number of hydrogen-bond acceptors (Lipinski definition) is 2. The number of H-pyrrole nitrogens is 1. The van der Waals surface area contributed by atoms with Crippen molar-refractivity contribution in [3.8, 4) is 0 Å². The van der Waals surface area contributed by atoms with Crippen LogP contribution in [-0.2, 0) is 31.2 Å². The number of likely N-dealkylation sites (tertiary alicyclic amines) is 1. The highest BCUT2D eigenvalue weighted by Crippen LogP contribution is 2.46. The van der Waals surface area contributed by atoms with Gasteiger partial charge in [0.05, 0.1) is 6.10 Å². The van der Waals surface area contributed by atoms with E-state index in [0.717, 1.165) is 38.9 Å². The Labute approximate surface area is 172 Å². The topological polar surface area (TPSA) is 39.3 Å². The van der Waals surface area contributed by atoms with Crippen LogP contribution in [0.2, 0.25) is 0 Å². The zero-order chi connectivity index (χ0) is 19.4. The zero-order valence-electron chi connectivity index (χ0n) is 17.1. The quantitative estimate of drug-likeness (QED) is 0.681. The standard InChI is InChI=1S/C26H30N2O/c29-25-16-19-5-1-3-7-22(19)26(25)11-13-28(14-12-26)17-18-9-10-21-20-6-2-4-8-23(20)27-24(21)15-18/h1,3,5,7,9-10,15,25,27,29H,2,4,6,8,11-14,16-17H2. The van der Waals surface area contributed by atoms with Gasteiger partial charge in [-0.3, -0.25) is 4.90 Å². The van der Waals surface area contributed by atoms with Gasteiger partial charge in [0.25, 0.3) is 0 Å². The van der Waals surface area contributed by atoms with Crippen molar-refractivity contribution in [3.63, 3.8) is 0 Å². The Morgan fingerprint density at radius 3 is 2.76 bits per heavy atom. The molecule has 1 atom stereocenters. The van der Waals surface area contributed by atoms with Gasteiger partial charge >= 0.3 is 0 Å². The molecule has 1 saturated heterocycles. The Hall–Kier alpha value is -2.10. The lowest BCUT2D eigenvalue weighted by Gasteiger charge is -2.42. The molecule has 2 N–H and O–H groups in total. The van der Waals surface area contributed by atoms with Crippen LogP contribution in [0.25, 0.3) is 10.9 Å². The molecule has 0 saturated carbocycles. The molecule has 3 aromatic rings. The smallest absolute Gasteiger partial charge is 0.0678 e. The first-order valence-electron chi connectivity index (χ1n) is 11.3. The monoisotopic (exact) mass is 386 g/mol. The molecule has 3 aliphatic rings. The maximum absolute atomic E-state index is 10.9. The van der Waals surface area contributed by atoms with E-state index in [2.05, 4.69) is 52.3 Å². The number of aliphatic hydroxyl groups is 1. The van der Waals surface area contributed by atoms with Crippen LogP contribution in [0.5, 0.6) is 0 Å². The molecule has 2 aliphatic carbocycles. The van der Waals surface area contributed by atoms with Gasteiger partial charge in [-0.25, -0.2) is 0 Å². The molecule has 150 valence electrons. The highest BCUT2D eigenvalue weighted by atomic mass is 16.3. The largest absolute Gasteiger partial charge is 0.392 e. The van der Waals surface area contributed by atoms with Crippen molar-refractivity contribution in [3.05, 3.63) is 70.4 Å². The minimum atomic E-state index is -0.219. The minimum Gasteiger partial charge on any atom is -0.392 e. The van der Waals surface area contributed by atoms with E-state index >= 15 is 0 Å². The van der Waals surface area contributed by atoms with E-state index in [1.807, 2.05) is 0 Å². The number of rotatable bonds is 2. The van der Waals surface area contributed by atoms with Gasteiger partial charge in [-0.15, -0.1) is 0 Å². The van der Waals surface area contributed by atoms with Gasteiger partial charge in [-0.05, 0) is 86.4 Å². The Morgan fingerprint density at radius 2 is 1.86 bits per heavy atom. The summed E-state index contributed by atoms with van der Waals surface area (Å²) in [6.07, 6.45) is 7.80. The third-order valence-corrected chi connectivity index (χ3v) is 7.92. The van der Waals surface area contributed by atoms with Crippen LogP contribution < -0.4 is 0 Å². The lowest BCUT2D eigenvalue weighted by Crippen LogP contribution is -2.47. The summed E-state index contributed by atoms with van der Waals surface area (Å²) >= 11 is 0. The Bertz CT molecular complexity index is 1060. The molecule has 6 rings (SSSR count). The predicted octanol–water partition coefficient (Wildman–Crippen LogP) is 4.50.